The fourth-order valence-electron chi connectivity index (χ4n) is 5.14. The molecule has 3 saturated heterocycles. The number of benzene rings is 2. The van der Waals surface area contributed by atoms with E-state index >= 15 is 0 Å². The maximum absolute atomic E-state index is 12.6. The molecular formula is C25H22O8. The maximum atomic E-state index is 12.6. The Labute approximate surface area is 189 Å². The lowest BCUT2D eigenvalue weighted by Crippen LogP contribution is -2.47. The molecule has 8 nitrogen and oxygen atoms in total. The van der Waals surface area contributed by atoms with Gasteiger partial charge in [0.15, 0.2) is 0 Å². The van der Waals surface area contributed by atoms with Gasteiger partial charge in [-0.25, -0.2) is 9.59 Å². The monoisotopic (exact) mass is 450 g/mol. The zero-order valence-electron chi connectivity index (χ0n) is 17.9. The predicted octanol–water partition coefficient (Wildman–Crippen LogP) is 2.48. The van der Waals surface area contributed by atoms with Gasteiger partial charge in [-0.15, -0.1) is 0 Å². The van der Waals surface area contributed by atoms with Gasteiger partial charge in [0.2, 0.25) is 0 Å². The first kappa shape index (κ1) is 21.3. The number of fused-ring (bicyclic) bond motifs is 5. The zero-order chi connectivity index (χ0) is 23.2. The van der Waals surface area contributed by atoms with Crippen LogP contribution in [0.25, 0.3) is 0 Å². The van der Waals surface area contributed by atoms with E-state index < -0.39 is 47.4 Å². The molecule has 2 aromatic rings. The fourth-order valence-corrected chi connectivity index (χ4v) is 5.14. The van der Waals surface area contributed by atoms with E-state index in [0.29, 0.717) is 17.5 Å². The van der Waals surface area contributed by atoms with Crippen LogP contribution in [-0.2, 0) is 28.5 Å². The van der Waals surface area contributed by atoms with Gasteiger partial charge in [0.05, 0.1) is 23.8 Å². The van der Waals surface area contributed by atoms with Crippen LogP contribution in [0.2, 0.25) is 0 Å². The second-order valence-electron chi connectivity index (χ2n) is 8.77. The van der Waals surface area contributed by atoms with Gasteiger partial charge in [-0.05, 0) is 37.6 Å². The normalized spacial score (nSPS) is 29.5. The van der Waals surface area contributed by atoms with Crippen molar-refractivity contribution in [2.75, 3.05) is 13.2 Å². The standard InChI is InChI=1S/C25H22O8/c1-14-6-5-9-16(10-14)22(27)31-13-25-11-17(12-30-21(26)15-7-3-2-4-8-15)20(33-25)18-19(25)24(29)32-23(18)28/h2-10,17-20H,11-13H2,1H3/t17-,18+,19+,20-,25-/m0/s1. The van der Waals surface area contributed by atoms with Crippen molar-refractivity contribution in [1.29, 1.82) is 0 Å². The van der Waals surface area contributed by atoms with Gasteiger partial charge < -0.3 is 18.9 Å². The minimum atomic E-state index is -1.19. The molecule has 2 bridgehead atoms. The Balaban J connectivity index is 1.31. The van der Waals surface area contributed by atoms with E-state index in [-0.39, 0.29) is 19.1 Å². The molecular weight excluding hydrogens is 428 g/mol. The van der Waals surface area contributed by atoms with Gasteiger partial charge in [-0.1, -0.05) is 35.9 Å². The van der Waals surface area contributed by atoms with Gasteiger partial charge in [-0.2, -0.15) is 0 Å². The minimum absolute atomic E-state index is 0.0106. The van der Waals surface area contributed by atoms with Gasteiger partial charge in [0.25, 0.3) is 0 Å². The second-order valence-corrected chi connectivity index (χ2v) is 8.77. The van der Waals surface area contributed by atoms with Crippen LogP contribution in [0.5, 0.6) is 0 Å². The summed E-state index contributed by atoms with van der Waals surface area (Å²) in [5.41, 5.74) is 0.513. The van der Waals surface area contributed by atoms with Crippen LogP contribution in [-0.4, -0.2) is 48.8 Å². The molecule has 3 aliphatic heterocycles. The lowest BCUT2D eigenvalue weighted by Gasteiger charge is -2.31. The van der Waals surface area contributed by atoms with Crippen LogP contribution in [0.4, 0.5) is 0 Å². The summed E-state index contributed by atoms with van der Waals surface area (Å²) in [5, 5.41) is 0. The van der Waals surface area contributed by atoms with E-state index in [1.165, 1.54) is 0 Å². The molecule has 3 aliphatic rings. The Morgan fingerprint density at radius 1 is 0.970 bits per heavy atom. The number of hydrogen-bond donors (Lipinski definition) is 0. The number of carbonyl (C=O) groups is 4. The highest BCUT2D eigenvalue weighted by molar-refractivity contribution is 5.98. The number of ether oxygens (including phenoxy) is 4. The van der Waals surface area contributed by atoms with Crippen molar-refractivity contribution in [3.05, 3.63) is 71.3 Å². The summed E-state index contributed by atoms with van der Waals surface area (Å²) in [6.07, 6.45) is -0.361. The van der Waals surface area contributed by atoms with E-state index in [0.717, 1.165) is 5.56 Å². The molecule has 2 aromatic carbocycles. The highest BCUT2D eigenvalue weighted by Gasteiger charge is 2.72. The highest BCUT2D eigenvalue weighted by Crippen LogP contribution is 2.57. The third-order valence-electron chi connectivity index (χ3n) is 6.59. The SMILES string of the molecule is Cc1cccc(C(=O)OC[C@]23C[C@@H](COC(=O)c4ccccc4)[C@H](O2)[C@@H]2C(=O)OC(=O)[C@@H]23)c1. The van der Waals surface area contributed by atoms with Crippen molar-refractivity contribution < 1.29 is 38.1 Å². The lowest BCUT2D eigenvalue weighted by atomic mass is 9.69. The van der Waals surface area contributed by atoms with Crippen LogP contribution < -0.4 is 0 Å². The molecule has 0 unspecified atom stereocenters. The van der Waals surface area contributed by atoms with Crippen molar-refractivity contribution in [2.24, 2.45) is 17.8 Å². The molecule has 0 spiro atoms. The van der Waals surface area contributed by atoms with Crippen LogP contribution >= 0.6 is 0 Å². The van der Waals surface area contributed by atoms with E-state index in [4.69, 9.17) is 18.9 Å². The Morgan fingerprint density at radius 2 is 1.70 bits per heavy atom. The topological polar surface area (TPSA) is 105 Å². The zero-order valence-corrected chi connectivity index (χ0v) is 17.9. The van der Waals surface area contributed by atoms with Crippen molar-refractivity contribution in [2.45, 2.75) is 25.0 Å². The minimum Gasteiger partial charge on any atom is -0.462 e. The number of hydrogen-bond acceptors (Lipinski definition) is 8. The third kappa shape index (κ3) is 3.70. The van der Waals surface area contributed by atoms with Crippen LogP contribution in [0.3, 0.4) is 0 Å². The average molecular weight is 450 g/mol. The molecule has 0 saturated carbocycles. The quantitative estimate of drug-likeness (QED) is 0.376. The molecule has 0 N–H and O–H groups in total. The first-order chi connectivity index (χ1) is 15.9. The Hall–Kier alpha value is -3.52. The largest absolute Gasteiger partial charge is 0.462 e. The summed E-state index contributed by atoms with van der Waals surface area (Å²) in [6, 6.07) is 15.5. The number of aryl methyl sites for hydroxylation is 1. The van der Waals surface area contributed by atoms with E-state index in [9.17, 15) is 19.2 Å². The van der Waals surface area contributed by atoms with Crippen molar-refractivity contribution in [1.82, 2.24) is 0 Å². The van der Waals surface area contributed by atoms with Crippen LogP contribution in [0.1, 0.15) is 32.7 Å². The van der Waals surface area contributed by atoms with Crippen molar-refractivity contribution in [3.63, 3.8) is 0 Å². The van der Waals surface area contributed by atoms with E-state index in [2.05, 4.69) is 0 Å². The van der Waals surface area contributed by atoms with Gasteiger partial charge >= 0.3 is 23.9 Å². The van der Waals surface area contributed by atoms with Crippen LogP contribution in [0, 0.1) is 24.7 Å². The first-order valence-electron chi connectivity index (χ1n) is 10.8. The third-order valence-corrected chi connectivity index (χ3v) is 6.59. The van der Waals surface area contributed by atoms with E-state index in [1.54, 1.807) is 48.5 Å². The summed E-state index contributed by atoms with van der Waals surface area (Å²) in [7, 11) is 0. The number of esters is 4. The summed E-state index contributed by atoms with van der Waals surface area (Å²) in [4.78, 5) is 49.7. The van der Waals surface area contributed by atoms with Gasteiger partial charge in [0, 0.05) is 5.92 Å². The summed E-state index contributed by atoms with van der Waals surface area (Å²) in [5.74, 6) is -4.34. The summed E-state index contributed by atoms with van der Waals surface area (Å²) < 4.78 is 22.0. The van der Waals surface area contributed by atoms with Gasteiger partial charge in [-0.3, -0.25) is 9.59 Å². The summed E-state index contributed by atoms with van der Waals surface area (Å²) in [6.45, 7) is 1.67. The summed E-state index contributed by atoms with van der Waals surface area (Å²) >= 11 is 0. The Kier molecular flexibility index (Phi) is 5.25. The smallest absolute Gasteiger partial charge is 0.338 e. The van der Waals surface area contributed by atoms with Gasteiger partial charge in [0.1, 0.15) is 24.0 Å². The molecule has 170 valence electrons. The molecule has 8 heteroatoms. The molecule has 5 atom stereocenters. The molecule has 0 aliphatic carbocycles. The molecule has 0 aromatic heterocycles. The average Bonchev–Trinajstić information content (AvgIpc) is 3.45. The van der Waals surface area contributed by atoms with Crippen molar-refractivity contribution in [3.8, 4) is 0 Å². The second kappa shape index (κ2) is 8.12. The predicted molar refractivity (Wildman–Crippen MR) is 112 cm³/mol. The maximum Gasteiger partial charge on any atom is 0.338 e. The lowest BCUT2D eigenvalue weighted by molar-refractivity contribution is -0.160. The molecule has 0 amide bonds. The van der Waals surface area contributed by atoms with Crippen LogP contribution in [0.15, 0.2) is 54.6 Å². The first-order valence-corrected chi connectivity index (χ1v) is 10.8. The number of carbonyl (C=O) groups excluding carboxylic acids is 4. The van der Waals surface area contributed by atoms with Crippen molar-refractivity contribution >= 4 is 23.9 Å². The number of cyclic esters (lactones) is 2. The van der Waals surface area contributed by atoms with E-state index in [1.807, 2.05) is 13.0 Å². The Bertz CT molecular complexity index is 1130. The molecule has 3 heterocycles. The fraction of sp³-hybridized carbons (Fsp3) is 0.360. The Morgan fingerprint density at radius 3 is 2.45 bits per heavy atom. The molecule has 33 heavy (non-hydrogen) atoms. The molecule has 3 fully saturated rings. The number of rotatable bonds is 6. The molecule has 0 radical (unpaired) electrons. The highest BCUT2D eigenvalue weighted by atomic mass is 16.6. The molecule has 5 rings (SSSR count).